The van der Waals surface area contributed by atoms with Gasteiger partial charge in [0.1, 0.15) is 11.3 Å². The van der Waals surface area contributed by atoms with Gasteiger partial charge in [0.2, 0.25) is 11.5 Å². The first kappa shape index (κ1) is 12.5. The lowest BCUT2D eigenvalue weighted by Crippen LogP contribution is -2.18. The molecule has 0 amide bonds. The molecule has 5 nitrogen and oxygen atoms in total. The van der Waals surface area contributed by atoms with Gasteiger partial charge in [0.05, 0.1) is 21.3 Å². The predicted octanol–water partition coefficient (Wildman–Crippen LogP) is 2.07. The van der Waals surface area contributed by atoms with Crippen molar-refractivity contribution in [2.24, 2.45) is 0 Å². The van der Waals surface area contributed by atoms with Gasteiger partial charge in [0.25, 0.3) is 0 Å². The average molecular weight is 252 g/mol. The van der Waals surface area contributed by atoms with E-state index in [2.05, 4.69) is 0 Å². The maximum absolute atomic E-state index is 12.2. The minimum atomic E-state index is -0.453. The van der Waals surface area contributed by atoms with Crippen LogP contribution >= 0.6 is 0 Å². The number of carbonyl (C=O) groups is 1. The molecule has 0 saturated heterocycles. The fraction of sp³-hybridized carbons (Fsp3) is 0.462. The van der Waals surface area contributed by atoms with E-state index in [1.165, 1.54) is 21.3 Å². The van der Waals surface area contributed by atoms with Crippen molar-refractivity contribution in [3.8, 4) is 23.0 Å². The van der Waals surface area contributed by atoms with Crippen LogP contribution in [-0.2, 0) is 0 Å². The highest BCUT2D eigenvalue weighted by Crippen LogP contribution is 2.48. The fourth-order valence-electron chi connectivity index (χ4n) is 2.10. The molecule has 1 unspecified atom stereocenters. The summed E-state index contributed by atoms with van der Waals surface area (Å²) in [5.41, 5.74) is 0.432. The van der Waals surface area contributed by atoms with E-state index in [4.69, 9.17) is 18.9 Å². The van der Waals surface area contributed by atoms with E-state index in [0.717, 1.165) is 0 Å². The second kappa shape index (κ2) is 4.76. The fourth-order valence-corrected chi connectivity index (χ4v) is 2.10. The molecule has 1 aromatic rings. The molecule has 0 bridgehead atoms. The molecule has 0 N–H and O–H groups in total. The summed E-state index contributed by atoms with van der Waals surface area (Å²) < 4.78 is 21.3. The summed E-state index contributed by atoms with van der Waals surface area (Å²) in [5, 5.41) is 0. The Labute approximate surface area is 106 Å². The molecule has 5 heteroatoms. The van der Waals surface area contributed by atoms with Gasteiger partial charge in [-0.2, -0.15) is 0 Å². The Morgan fingerprint density at radius 1 is 1.17 bits per heavy atom. The van der Waals surface area contributed by atoms with E-state index in [1.807, 2.05) is 6.92 Å². The highest BCUT2D eigenvalue weighted by molar-refractivity contribution is 6.08. The van der Waals surface area contributed by atoms with Crippen molar-refractivity contribution in [3.63, 3.8) is 0 Å². The van der Waals surface area contributed by atoms with Crippen LogP contribution in [0.25, 0.3) is 0 Å². The van der Waals surface area contributed by atoms with Crippen LogP contribution in [0.5, 0.6) is 23.0 Å². The van der Waals surface area contributed by atoms with Crippen LogP contribution in [0.15, 0.2) is 6.07 Å². The Morgan fingerprint density at radius 2 is 1.83 bits per heavy atom. The van der Waals surface area contributed by atoms with Crippen molar-refractivity contribution < 1.29 is 23.7 Å². The molecular formula is C13H16O5. The highest BCUT2D eigenvalue weighted by Gasteiger charge is 2.37. The quantitative estimate of drug-likeness (QED) is 0.821. The van der Waals surface area contributed by atoms with Crippen molar-refractivity contribution in [2.75, 3.05) is 21.3 Å². The van der Waals surface area contributed by atoms with E-state index in [-0.39, 0.29) is 5.78 Å². The number of fused-ring (bicyclic) bond motifs is 1. The molecule has 1 aliphatic rings. The number of Topliss-reactive ketones (excluding diaryl/α,β-unsaturated/α-hetero) is 1. The largest absolute Gasteiger partial charge is 0.493 e. The van der Waals surface area contributed by atoms with Crippen molar-refractivity contribution in [2.45, 2.75) is 19.4 Å². The molecule has 0 spiro atoms. The third-order valence-electron chi connectivity index (χ3n) is 2.97. The molecule has 1 aromatic carbocycles. The van der Waals surface area contributed by atoms with Gasteiger partial charge in [-0.1, -0.05) is 6.92 Å². The first-order valence-corrected chi connectivity index (χ1v) is 5.71. The lowest BCUT2D eigenvalue weighted by molar-refractivity contribution is 0.0851. The van der Waals surface area contributed by atoms with Crippen LogP contribution in [0.3, 0.4) is 0 Å². The summed E-state index contributed by atoms with van der Waals surface area (Å²) in [7, 11) is 4.52. The zero-order chi connectivity index (χ0) is 13.3. The van der Waals surface area contributed by atoms with Gasteiger partial charge in [-0.3, -0.25) is 4.79 Å². The first-order valence-electron chi connectivity index (χ1n) is 5.71. The lowest BCUT2D eigenvalue weighted by atomic mass is 10.0. The van der Waals surface area contributed by atoms with Gasteiger partial charge < -0.3 is 18.9 Å². The van der Waals surface area contributed by atoms with Crippen LogP contribution in [0.1, 0.15) is 23.7 Å². The second-order valence-corrected chi connectivity index (χ2v) is 3.90. The molecule has 1 atom stereocenters. The zero-order valence-electron chi connectivity index (χ0n) is 10.9. The normalized spacial score (nSPS) is 17.1. The number of hydrogen-bond acceptors (Lipinski definition) is 5. The van der Waals surface area contributed by atoms with Crippen molar-refractivity contribution in [3.05, 3.63) is 11.6 Å². The van der Waals surface area contributed by atoms with Gasteiger partial charge in [-0.15, -0.1) is 0 Å². The minimum absolute atomic E-state index is 0.0784. The van der Waals surface area contributed by atoms with E-state index >= 15 is 0 Å². The zero-order valence-corrected chi connectivity index (χ0v) is 10.9. The number of hydrogen-bond donors (Lipinski definition) is 0. The Kier molecular flexibility index (Phi) is 3.32. The smallest absolute Gasteiger partial charge is 0.210 e. The van der Waals surface area contributed by atoms with Crippen LogP contribution in [0.4, 0.5) is 0 Å². The van der Waals surface area contributed by atoms with Crippen LogP contribution in [0, 0.1) is 0 Å². The molecule has 0 saturated carbocycles. The number of rotatable bonds is 4. The number of benzene rings is 1. The van der Waals surface area contributed by atoms with Crippen LogP contribution < -0.4 is 18.9 Å². The molecule has 98 valence electrons. The highest BCUT2D eigenvalue weighted by atomic mass is 16.5. The molecule has 0 radical (unpaired) electrons. The molecule has 0 fully saturated rings. The monoisotopic (exact) mass is 252 g/mol. The molecule has 1 aliphatic heterocycles. The van der Waals surface area contributed by atoms with Crippen LogP contribution in [0.2, 0.25) is 0 Å². The van der Waals surface area contributed by atoms with Gasteiger partial charge in [0, 0.05) is 6.07 Å². The molecule has 2 rings (SSSR count). The summed E-state index contributed by atoms with van der Waals surface area (Å²) in [6, 6.07) is 1.66. The SMILES string of the molecule is CCC1Oc2cc(OC)c(OC)c(OC)c2C1=O. The topological polar surface area (TPSA) is 54.0 Å². The molecule has 0 aromatic heterocycles. The van der Waals surface area contributed by atoms with Crippen molar-refractivity contribution in [1.29, 1.82) is 0 Å². The third-order valence-corrected chi connectivity index (χ3v) is 2.97. The minimum Gasteiger partial charge on any atom is -0.493 e. The summed E-state index contributed by atoms with van der Waals surface area (Å²) in [4.78, 5) is 12.2. The first-order chi connectivity index (χ1) is 8.67. The Balaban J connectivity index is 2.64. The van der Waals surface area contributed by atoms with E-state index in [0.29, 0.717) is 35.0 Å². The molecule has 1 heterocycles. The molecule has 0 aliphatic carbocycles. The maximum atomic E-state index is 12.2. The molecular weight excluding hydrogens is 236 g/mol. The summed E-state index contributed by atoms with van der Waals surface area (Å²) >= 11 is 0. The van der Waals surface area contributed by atoms with E-state index in [9.17, 15) is 4.79 Å². The Bertz CT molecular complexity index is 481. The maximum Gasteiger partial charge on any atom is 0.210 e. The second-order valence-electron chi connectivity index (χ2n) is 3.90. The third kappa shape index (κ3) is 1.66. The van der Waals surface area contributed by atoms with Crippen molar-refractivity contribution >= 4 is 5.78 Å². The predicted molar refractivity (Wildman–Crippen MR) is 65.1 cm³/mol. The van der Waals surface area contributed by atoms with Crippen LogP contribution in [-0.4, -0.2) is 33.2 Å². The number of carbonyl (C=O) groups excluding carboxylic acids is 1. The number of methoxy groups -OCH3 is 3. The lowest BCUT2D eigenvalue weighted by Gasteiger charge is -2.14. The summed E-state index contributed by atoms with van der Waals surface area (Å²) in [5.74, 6) is 1.67. The molecule has 18 heavy (non-hydrogen) atoms. The van der Waals surface area contributed by atoms with Gasteiger partial charge in [-0.05, 0) is 6.42 Å². The summed E-state index contributed by atoms with van der Waals surface area (Å²) in [6.07, 6.45) is 0.159. The number of ketones is 1. The standard InChI is InChI=1S/C13H16O5/c1-5-7-11(14)10-8(18-7)6-9(15-2)12(16-3)13(10)17-4/h6-7H,5H2,1-4H3. The Morgan fingerprint density at radius 3 is 2.33 bits per heavy atom. The number of ether oxygens (including phenoxy) is 4. The van der Waals surface area contributed by atoms with Gasteiger partial charge in [-0.25, -0.2) is 0 Å². The average Bonchev–Trinajstić information content (AvgIpc) is 2.72. The van der Waals surface area contributed by atoms with E-state index < -0.39 is 6.10 Å². The van der Waals surface area contributed by atoms with Crippen molar-refractivity contribution in [1.82, 2.24) is 0 Å². The summed E-state index contributed by atoms with van der Waals surface area (Å²) in [6.45, 7) is 1.90. The Hall–Kier alpha value is -1.91. The van der Waals surface area contributed by atoms with Gasteiger partial charge >= 0.3 is 0 Å². The van der Waals surface area contributed by atoms with E-state index in [1.54, 1.807) is 6.07 Å². The van der Waals surface area contributed by atoms with Gasteiger partial charge in [0.15, 0.2) is 17.6 Å².